The van der Waals surface area contributed by atoms with Gasteiger partial charge < -0.3 is 99.8 Å². The van der Waals surface area contributed by atoms with Crippen molar-refractivity contribution in [2.24, 2.45) is 32.7 Å². The molecule has 0 aromatic heterocycles. The minimum Gasteiger partial charge on any atom is -0.445 e. The number of hydrazone groups is 1. The zero-order valence-corrected chi connectivity index (χ0v) is 48.4. The molecule has 9 N–H and O–H groups in total. The van der Waals surface area contributed by atoms with Gasteiger partial charge in [0.15, 0.2) is 6.61 Å². The number of urea groups is 1. The van der Waals surface area contributed by atoms with E-state index >= 15 is 0 Å². The minimum absolute atomic E-state index is 0.0203. The summed E-state index contributed by atoms with van der Waals surface area (Å²) in [5.74, 6) is 3.83. The number of amides is 6. The van der Waals surface area contributed by atoms with Crippen LogP contribution in [-0.2, 0) is 82.7 Å². The van der Waals surface area contributed by atoms with Crippen LogP contribution in [0.3, 0.4) is 0 Å². The van der Waals surface area contributed by atoms with Crippen LogP contribution in [0, 0.1) is 5.92 Å². The third kappa shape index (κ3) is 46.6. The number of hydrogen-bond acceptors (Lipinski definition) is 22. The van der Waals surface area contributed by atoms with Crippen molar-refractivity contribution >= 4 is 53.2 Å². The van der Waals surface area contributed by atoms with Crippen LogP contribution in [-0.4, -0.2) is 231 Å². The van der Waals surface area contributed by atoms with Crippen molar-refractivity contribution < 1.29 is 85.7 Å². The highest BCUT2D eigenvalue weighted by atomic mass is 16.6. The van der Waals surface area contributed by atoms with Crippen molar-refractivity contribution in [1.82, 2.24) is 21.3 Å². The summed E-state index contributed by atoms with van der Waals surface area (Å²) >= 11 is 0. The highest BCUT2D eigenvalue weighted by Gasteiger charge is 2.28. The molecule has 0 heterocycles. The van der Waals surface area contributed by atoms with E-state index in [1.165, 1.54) is 6.21 Å². The molecule has 0 fully saturated rings. The summed E-state index contributed by atoms with van der Waals surface area (Å²) in [4.78, 5) is 72.3. The molecule has 0 aliphatic carbocycles. The van der Waals surface area contributed by atoms with Crippen LogP contribution >= 0.6 is 0 Å². The van der Waals surface area contributed by atoms with E-state index in [2.05, 4.69) is 48.8 Å². The van der Waals surface area contributed by atoms with Crippen molar-refractivity contribution in [3.63, 3.8) is 0 Å². The van der Waals surface area contributed by atoms with Crippen LogP contribution in [0.25, 0.3) is 0 Å². The SMILES string of the molecule is CCCOCCOCCOCCOCCOCCOCCOCCOCCOCCOCCOCCN=CC(CNC(=O)OCc1ccc(NC(=O)[C@H](CCCNC(N)=O)NC(=O)[C@H](CC(C)C)NC(=O)CON=C(C)C)cc1)=NN. The van der Waals surface area contributed by atoms with Gasteiger partial charge in [-0.25, -0.2) is 9.59 Å². The maximum absolute atomic E-state index is 13.5. The summed E-state index contributed by atoms with van der Waals surface area (Å²) in [5.41, 5.74) is 7.11. The third-order valence-electron chi connectivity index (χ3n) is 10.2. The number of hydrogen-bond donors (Lipinski definition) is 7. The second kappa shape index (κ2) is 52.4. The molecule has 28 heteroatoms. The van der Waals surface area contributed by atoms with Crippen molar-refractivity contribution in [1.29, 1.82) is 0 Å². The summed E-state index contributed by atoms with van der Waals surface area (Å²) in [6.45, 7) is 19.9. The number of carbonyl (C=O) groups is 5. The number of aliphatic imine (C=N–C) groups is 1. The van der Waals surface area contributed by atoms with Crippen molar-refractivity contribution in [2.75, 3.05) is 177 Å². The number of nitrogens with zero attached hydrogens (tertiary/aromatic N) is 3. The number of nitrogens with two attached hydrogens (primary N) is 2. The highest BCUT2D eigenvalue weighted by molar-refractivity contribution is 6.31. The number of primary amides is 1. The van der Waals surface area contributed by atoms with E-state index in [9.17, 15) is 24.0 Å². The first-order chi connectivity index (χ1) is 39.3. The lowest BCUT2D eigenvalue weighted by molar-refractivity contribution is -0.133. The minimum atomic E-state index is -1.04. The summed E-state index contributed by atoms with van der Waals surface area (Å²) in [7, 11) is 0. The van der Waals surface area contributed by atoms with E-state index in [1.807, 2.05) is 13.8 Å². The van der Waals surface area contributed by atoms with Crippen LogP contribution in [0.15, 0.2) is 39.5 Å². The van der Waals surface area contributed by atoms with E-state index in [4.69, 9.17) is 73.3 Å². The van der Waals surface area contributed by atoms with Gasteiger partial charge in [-0.05, 0) is 63.1 Å². The van der Waals surface area contributed by atoms with Gasteiger partial charge in [0.25, 0.3) is 5.91 Å². The lowest BCUT2D eigenvalue weighted by Crippen LogP contribution is -2.53. The van der Waals surface area contributed by atoms with E-state index in [1.54, 1.807) is 38.1 Å². The molecule has 464 valence electrons. The van der Waals surface area contributed by atoms with Gasteiger partial charge in [0.2, 0.25) is 11.8 Å². The number of rotatable bonds is 54. The van der Waals surface area contributed by atoms with Gasteiger partial charge in [-0.2, -0.15) is 5.10 Å². The molecule has 1 aromatic rings. The van der Waals surface area contributed by atoms with Crippen molar-refractivity contribution in [2.45, 2.75) is 79.0 Å². The van der Waals surface area contributed by atoms with E-state index in [-0.39, 0.29) is 38.5 Å². The standard InChI is InChI=1S/C53H94N10O18/c1-6-15-69-17-19-71-21-23-73-25-27-75-29-31-77-33-35-79-36-34-78-32-30-76-28-26-74-24-22-72-20-18-70-16-14-56-38-46(62-55)39-58-53(68)80-40-44-9-11-45(12-10-44)59-50(65)47(8-7-13-57-52(54)67)61-51(66)48(37-42(2)3)60-49(64)41-81-63-43(4)5/h9-12,38,42,47-48H,6-8,13-37,39-41,55H2,1-5H3,(H,58,68)(H,59,65)(H,60,64)(H,61,66)(H3,54,57,67)/t47-,48-/m0/s1. The largest absolute Gasteiger partial charge is 0.445 e. The molecule has 81 heavy (non-hydrogen) atoms. The number of alkyl carbamates (subject to hydrolysis) is 1. The molecule has 0 saturated heterocycles. The fourth-order valence-corrected chi connectivity index (χ4v) is 6.35. The lowest BCUT2D eigenvalue weighted by atomic mass is 10.0. The fourth-order valence-electron chi connectivity index (χ4n) is 6.35. The smallest absolute Gasteiger partial charge is 0.407 e. The van der Waals surface area contributed by atoms with Gasteiger partial charge in [0.05, 0.1) is 163 Å². The molecule has 0 saturated carbocycles. The number of nitrogens with one attached hydrogen (secondary N) is 5. The topological polar surface area (TPSA) is 355 Å². The second-order valence-electron chi connectivity index (χ2n) is 18.1. The van der Waals surface area contributed by atoms with Gasteiger partial charge in [-0.3, -0.25) is 19.4 Å². The Labute approximate surface area is 477 Å². The zero-order chi connectivity index (χ0) is 59.2. The predicted molar refractivity (Wildman–Crippen MR) is 302 cm³/mol. The number of carbonyl (C=O) groups excluding carboxylic acids is 5. The zero-order valence-electron chi connectivity index (χ0n) is 48.4. The number of anilines is 1. The Morgan fingerprint density at radius 1 is 0.605 bits per heavy atom. The quantitative estimate of drug-likeness (QED) is 0.0211. The van der Waals surface area contributed by atoms with Crippen molar-refractivity contribution in [3.05, 3.63) is 29.8 Å². The number of oxime groups is 1. The van der Waals surface area contributed by atoms with Crippen LogP contribution in [0.1, 0.15) is 65.9 Å². The summed E-state index contributed by atoms with van der Waals surface area (Å²) in [5, 5.41) is 20.6. The summed E-state index contributed by atoms with van der Waals surface area (Å²) in [6, 6.07) is 3.78. The van der Waals surface area contributed by atoms with Gasteiger partial charge >= 0.3 is 12.1 Å². The van der Waals surface area contributed by atoms with Gasteiger partial charge in [-0.15, -0.1) is 0 Å². The molecular formula is C53H94N10O18. The molecule has 0 bridgehead atoms. The average molecular weight is 1160 g/mol. The van der Waals surface area contributed by atoms with Crippen LogP contribution in [0.5, 0.6) is 0 Å². The highest BCUT2D eigenvalue weighted by Crippen LogP contribution is 2.13. The Bertz CT molecular complexity index is 1860. The molecule has 2 atom stereocenters. The van der Waals surface area contributed by atoms with Gasteiger partial charge in [0, 0.05) is 25.1 Å². The second-order valence-corrected chi connectivity index (χ2v) is 18.1. The molecule has 1 rings (SSSR count). The Hall–Kier alpha value is -5.66. The van der Waals surface area contributed by atoms with Crippen LogP contribution < -0.4 is 38.2 Å². The van der Waals surface area contributed by atoms with Crippen LogP contribution in [0.4, 0.5) is 15.3 Å². The molecule has 0 spiro atoms. The van der Waals surface area contributed by atoms with Crippen LogP contribution in [0.2, 0.25) is 0 Å². The summed E-state index contributed by atoms with van der Waals surface area (Å²) in [6.07, 6.45) is 2.44. The molecule has 0 unspecified atom stereocenters. The van der Waals surface area contributed by atoms with E-state index < -0.39 is 48.5 Å². The molecule has 0 radical (unpaired) electrons. The number of benzene rings is 1. The molecular weight excluding hydrogens is 1060 g/mol. The monoisotopic (exact) mass is 1160 g/mol. The first kappa shape index (κ1) is 73.4. The average Bonchev–Trinajstić information content (AvgIpc) is 3.45. The first-order valence-corrected chi connectivity index (χ1v) is 27.5. The Morgan fingerprint density at radius 3 is 1.51 bits per heavy atom. The number of ether oxygens (including phenoxy) is 12. The Balaban J connectivity index is 2.14. The summed E-state index contributed by atoms with van der Waals surface area (Å²) < 4.78 is 65.6. The third-order valence-corrected chi connectivity index (χ3v) is 10.2. The molecule has 28 nitrogen and oxygen atoms in total. The predicted octanol–water partition coefficient (Wildman–Crippen LogP) is 1.71. The van der Waals surface area contributed by atoms with E-state index in [0.29, 0.717) is 174 Å². The van der Waals surface area contributed by atoms with Gasteiger partial charge in [-0.1, -0.05) is 38.1 Å². The fraction of sp³-hybridized carbons (Fsp3) is 0.736. The first-order valence-electron chi connectivity index (χ1n) is 27.5. The molecule has 0 aliphatic rings. The molecule has 6 amide bonds. The van der Waals surface area contributed by atoms with Crippen molar-refractivity contribution in [3.8, 4) is 0 Å². The maximum atomic E-state index is 13.5. The maximum Gasteiger partial charge on any atom is 0.407 e. The lowest BCUT2D eigenvalue weighted by Gasteiger charge is -2.24. The normalized spacial score (nSPS) is 12.2. The Morgan fingerprint density at radius 2 is 1.07 bits per heavy atom. The molecule has 0 aliphatic heterocycles. The van der Waals surface area contributed by atoms with E-state index in [0.717, 1.165) is 13.0 Å². The van der Waals surface area contributed by atoms with Gasteiger partial charge in [0.1, 0.15) is 18.7 Å². The Kier molecular flexibility index (Phi) is 47.5. The molecule has 1 aromatic carbocycles.